The molecule has 1 heterocycles. The Kier molecular flexibility index (Phi) is 4.42. The highest BCUT2D eigenvalue weighted by molar-refractivity contribution is 5.99. The van der Waals surface area contributed by atoms with Gasteiger partial charge in [0.05, 0.1) is 0 Å². The molecule has 0 aromatic heterocycles. The van der Waals surface area contributed by atoms with Gasteiger partial charge in [-0.15, -0.1) is 0 Å². The number of benzene rings is 1. The van der Waals surface area contributed by atoms with Crippen molar-refractivity contribution in [2.75, 3.05) is 0 Å². The third-order valence-corrected chi connectivity index (χ3v) is 5.35. The average Bonchev–Trinajstić information content (AvgIpc) is 2.57. The van der Waals surface area contributed by atoms with Crippen molar-refractivity contribution in [3.05, 3.63) is 35.9 Å². The van der Waals surface area contributed by atoms with Crippen LogP contribution in [-0.4, -0.2) is 28.3 Å². The minimum Gasteiger partial charge on any atom is -0.342 e. The molecule has 1 aromatic carbocycles. The number of carbonyl (C=O) groups is 2. The van der Waals surface area contributed by atoms with E-state index in [0.717, 1.165) is 31.2 Å². The van der Waals surface area contributed by atoms with Crippen LogP contribution in [0.3, 0.4) is 0 Å². The van der Waals surface area contributed by atoms with Crippen molar-refractivity contribution in [1.82, 2.24) is 10.2 Å². The van der Waals surface area contributed by atoms with Gasteiger partial charge in [-0.25, -0.2) is 0 Å². The minimum absolute atomic E-state index is 0.0383. The summed E-state index contributed by atoms with van der Waals surface area (Å²) in [6.45, 7) is 4.16. The quantitative estimate of drug-likeness (QED) is 0.932. The summed E-state index contributed by atoms with van der Waals surface area (Å²) in [5, 5.41) is 3.01. The molecule has 1 aromatic rings. The summed E-state index contributed by atoms with van der Waals surface area (Å²) in [5.74, 6) is 0.323. The molecule has 1 saturated carbocycles. The van der Waals surface area contributed by atoms with E-state index in [9.17, 15) is 9.59 Å². The fourth-order valence-corrected chi connectivity index (χ4v) is 3.77. The number of carbonyl (C=O) groups excluding carboxylic acids is 2. The third-order valence-electron chi connectivity index (χ3n) is 5.35. The van der Waals surface area contributed by atoms with Crippen LogP contribution in [0.15, 0.2) is 30.3 Å². The summed E-state index contributed by atoms with van der Waals surface area (Å²) in [6, 6.07) is 9.56. The monoisotopic (exact) mass is 314 g/mol. The predicted molar refractivity (Wildman–Crippen MR) is 89.6 cm³/mol. The highest BCUT2D eigenvalue weighted by atomic mass is 16.2. The molecular weight excluding hydrogens is 288 g/mol. The normalized spacial score (nSPS) is 25.3. The van der Waals surface area contributed by atoms with Crippen LogP contribution in [0, 0.1) is 5.92 Å². The van der Waals surface area contributed by atoms with Gasteiger partial charge in [-0.05, 0) is 38.2 Å². The van der Waals surface area contributed by atoms with Crippen molar-refractivity contribution >= 4 is 11.8 Å². The van der Waals surface area contributed by atoms with Crippen LogP contribution in [0.4, 0.5) is 0 Å². The predicted octanol–water partition coefficient (Wildman–Crippen LogP) is 2.87. The lowest BCUT2D eigenvalue weighted by Crippen LogP contribution is -2.69. The Balaban J connectivity index is 1.84. The van der Waals surface area contributed by atoms with E-state index in [-0.39, 0.29) is 23.8 Å². The van der Waals surface area contributed by atoms with Crippen molar-refractivity contribution in [3.63, 3.8) is 0 Å². The number of nitrogens with one attached hydrogen (secondary N) is 1. The lowest BCUT2D eigenvalue weighted by molar-refractivity contribution is -0.158. The van der Waals surface area contributed by atoms with Crippen molar-refractivity contribution in [2.24, 2.45) is 5.92 Å². The number of piperazine rings is 1. The third kappa shape index (κ3) is 3.12. The van der Waals surface area contributed by atoms with E-state index >= 15 is 0 Å². The molecule has 2 fully saturated rings. The van der Waals surface area contributed by atoms with Crippen molar-refractivity contribution in [3.8, 4) is 0 Å². The lowest BCUT2D eigenvalue weighted by atomic mass is 9.80. The molecule has 4 heteroatoms. The topological polar surface area (TPSA) is 49.4 Å². The average molecular weight is 314 g/mol. The maximum Gasteiger partial charge on any atom is 0.246 e. The van der Waals surface area contributed by atoms with Gasteiger partial charge >= 0.3 is 0 Å². The van der Waals surface area contributed by atoms with Crippen LogP contribution in [0.2, 0.25) is 0 Å². The zero-order valence-corrected chi connectivity index (χ0v) is 14.0. The van der Waals surface area contributed by atoms with E-state index in [1.807, 2.05) is 44.2 Å². The maximum absolute atomic E-state index is 13.1. The van der Waals surface area contributed by atoms with Gasteiger partial charge in [0.2, 0.25) is 11.8 Å². The molecule has 1 saturated heterocycles. The Labute approximate surface area is 138 Å². The Bertz CT molecular complexity index is 576. The molecule has 0 bridgehead atoms. The SMILES string of the molecule is CC1(C)C(=O)NC(C2CCCCC2)C(=O)N1Cc1ccccc1. The van der Waals surface area contributed by atoms with Crippen LogP contribution < -0.4 is 5.32 Å². The number of hydrogen-bond donors (Lipinski definition) is 1. The first-order chi connectivity index (χ1) is 11.0. The lowest BCUT2D eigenvalue weighted by Gasteiger charge is -2.46. The molecule has 124 valence electrons. The number of amides is 2. The standard InChI is InChI=1S/C19H26N2O2/c1-19(2)18(23)20-16(15-11-7-4-8-12-15)17(22)21(19)13-14-9-5-3-6-10-14/h3,5-6,9-10,15-16H,4,7-8,11-13H2,1-2H3,(H,20,23). The van der Waals surface area contributed by atoms with Gasteiger partial charge in [0, 0.05) is 6.54 Å². The van der Waals surface area contributed by atoms with Crippen LogP contribution in [0.5, 0.6) is 0 Å². The summed E-state index contributed by atoms with van der Waals surface area (Å²) in [7, 11) is 0. The molecule has 1 atom stereocenters. The molecule has 1 aliphatic carbocycles. The zero-order valence-electron chi connectivity index (χ0n) is 14.0. The van der Waals surface area contributed by atoms with Crippen molar-refractivity contribution < 1.29 is 9.59 Å². The van der Waals surface area contributed by atoms with E-state index in [1.54, 1.807) is 4.90 Å². The molecule has 4 nitrogen and oxygen atoms in total. The summed E-state index contributed by atoms with van der Waals surface area (Å²) in [6.07, 6.45) is 5.63. The molecule has 0 radical (unpaired) electrons. The van der Waals surface area contributed by atoms with Gasteiger partial charge in [-0.1, -0.05) is 49.6 Å². The first-order valence-corrected chi connectivity index (χ1v) is 8.66. The molecule has 23 heavy (non-hydrogen) atoms. The zero-order chi connectivity index (χ0) is 16.4. The second kappa shape index (κ2) is 6.34. The van der Waals surface area contributed by atoms with Gasteiger partial charge in [-0.3, -0.25) is 9.59 Å². The summed E-state index contributed by atoms with van der Waals surface area (Å²) < 4.78 is 0. The van der Waals surface area contributed by atoms with Crippen LogP contribution in [0.25, 0.3) is 0 Å². The maximum atomic E-state index is 13.1. The second-order valence-electron chi connectivity index (χ2n) is 7.32. The molecule has 2 aliphatic rings. The Hall–Kier alpha value is -1.84. The highest BCUT2D eigenvalue weighted by Crippen LogP contribution is 2.32. The summed E-state index contributed by atoms with van der Waals surface area (Å²) in [4.78, 5) is 27.5. The number of rotatable bonds is 3. The van der Waals surface area contributed by atoms with E-state index in [0.29, 0.717) is 6.54 Å². The van der Waals surface area contributed by atoms with Gasteiger partial charge in [0.25, 0.3) is 0 Å². The van der Waals surface area contributed by atoms with E-state index in [4.69, 9.17) is 0 Å². The molecule has 1 N–H and O–H groups in total. The molecule has 1 aliphatic heterocycles. The van der Waals surface area contributed by atoms with Crippen molar-refractivity contribution in [1.29, 1.82) is 0 Å². The molecule has 3 rings (SSSR count). The van der Waals surface area contributed by atoms with E-state index < -0.39 is 5.54 Å². The first kappa shape index (κ1) is 16.0. The fourth-order valence-electron chi connectivity index (χ4n) is 3.77. The highest BCUT2D eigenvalue weighted by Gasteiger charge is 2.48. The van der Waals surface area contributed by atoms with Crippen LogP contribution in [-0.2, 0) is 16.1 Å². The van der Waals surface area contributed by atoms with Gasteiger partial charge in [-0.2, -0.15) is 0 Å². The van der Waals surface area contributed by atoms with Crippen LogP contribution in [0.1, 0.15) is 51.5 Å². The Morgan fingerprint density at radius 1 is 1.09 bits per heavy atom. The van der Waals surface area contributed by atoms with E-state index in [2.05, 4.69) is 5.32 Å². The number of nitrogens with zero attached hydrogens (tertiary/aromatic N) is 1. The summed E-state index contributed by atoms with van der Waals surface area (Å²) in [5.41, 5.74) is 0.254. The Morgan fingerprint density at radius 2 is 1.74 bits per heavy atom. The van der Waals surface area contributed by atoms with Gasteiger partial charge in [0.1, 0.15) is 11.6 Å². The fraction of sp³-hybridized carbons (Fsp3) is 0.579. The largest absolute Gasteiger partial charge is 0.342 e. The Morgan fingerprint density at radius 3 is 2.39 bits per heavy atom. The molecule has 2 amide bonds. The van der Waals surface area contributed by atoms with Crippen molar-refractivity contribution in [2.45, 2.75) is 64.1 Å². The second-order valence-corrected chi connectivity index (χ2v) is 7.32. The van der Waals surface area contributed by atoms with Crippen LogP contribution >= 0.6 is 0 Å². The summed E-state index contributed by atoms with van der Waals surface area (Å²) >= 11 is 0. The van der Waals surface area contributed by atoms with Gasteiger partial charge < -0.3 is 10.2 Å². The van der Waals surface area contributed by atoms with E-state index in [1.165, 1.54) is 6.42 Å². The van der Waals surface area contributed by atoms with Gasteiger partial charge in [0.15, 0.2) is 0 Å². The molecule has 1 unspecified atom stereocenters. The molecular formula is C19H26N2O2. The smallest absolute Gasteiger partial charge is 0.246 e. The minimum atomic E-state index is -0.807. The first-order valence-electron chi connectivity index (χ1n) is 8.66. The molecule has 0 spiro atoms. The number of hydrogen-bond acceptors (Lipinski definition) is 2.